The topological polar surface area (TPSA) is 56.7 Å². The van der Waals surface area contributed by atoms with Crippen LogP contribution in [0.1, 0.15) is 52.2 Å². The molecule has 5 heteroatoms. The van der Waals surface area contributed by atoms with Crippen molar-refractivity contribution in [3.8, 4) is 5.75 Å². The Morgan fingerprint density at radius 2 is 1.75 bits per heavy atom. The lowest BCUT2D eigenvalue weighted by molar-refractivity contribution is 0.0709. The van der Waals surface area contributed by atoms with E-state index in [9.17, 15) is 9.90 Å². The molecule has 0 bridgehead atoms. The number of para-hydroxylation sites is 1. The minimum Gasteiger partial charge on any atom is -0.508 e. The van der Waals surface area contributed by atoms with Crippen LogP contribution >= 0.6 is 0 Å². The maximum absolute atomic E-state index is 13.4. The first-order chi connectivity index (χ1) is 15.6. The van der Waals surface area contributed by atoms with Gasteiger partial charge in [0.05, 0.1) is 0 Å². The fourth-order valence-electron chi connectivity index (χ4n) is 5.28. The summed E-state index contributed by atoms with van der Waals surface area (Å²) in [5, 5.41) is 10.4. The number of aromatic nitrogens is 1. The van der Waals surface area contributed by atoms with Gasteiger partial charge in [0.1, 0.15) is 5.75 Å². The van der Waals surface area contributed by atoms with Crippen LogP contribution in [0.2, 0.25) is 0 Å². The predicted octanol–water partition coefficient (Wildman–Crippen LogP) is 4.61. The molecule has 2 heterocycles. The van der Waals surface area contributed by atoms with Gasteiger partial charge in [-0.25, -0.2) is 0 Å². The average molecular weight is 428 g/mol. The van der Waals surface area contributed by atoms with Crippen LogP contribution in [-0.2, 0) is 6.42 Å². The normalized spacial score (nSPS) is 18.4. The molecule has 1 atom stereocenters. The molecule has 5 rings (SSSR count). The van der Waals surface area contributed by atoms with Crippen LogP contribution in [0.3, 0.4) is 0 Å². The number of fused-ring (bicyclic) bond motifs is 1. The van der Waals surface area contributed by atoms with E-state index in [4.69, 9.17) is 0 Å². The Balaban J connectivity index is 1.30. The minimum absolute atomic E-state index is 0.0816. The highest BCUT2D eigenvalue weighted by Crippen LogP contribution is 2.41. The van der Waals surface area contributed by atoms with Gasteiger partial charge < -0.3 is 14.9 Å². The van der Waals surface area contributed by atoms with Crippen molar-refractivity contribution in [3.05, 3.63) is 89.2 Å². The second kappa shape index (κ2) is 8.65. The highest BCUT2D eigenvalue weighted by Gasteiger charge is 2.29. The van der Waals surface area contributed by atoms with E-state index in [1.807, 2.05) is 60.7 Å². The van der Waals surface area contributed by atoms with E-state index < -0.39 is 0 Å². The van der Waals surface area contributed by atoms with E-state index in [1.165, 1.54) is 16.8 Å². The summed E-state index contributed by atoms with van der Waals surface area (Å²) in [5.41, 5.74) is 5.35. The SMILES string of the molecule is CN(C(=O)c1ccc2c(c1)C(c1ccccc1O)CC2)C1CCN(c2ccncc2)CC1. The molecule has 1 saturated heterocycles. The number of carbonyl (C=O) groups excluding carboxylic acids is 1. The Labute approximate surface area is 189 Å². The zero-order valence-electron chi connectivity index (χ0n) is 18.4. The fraction of sp³-hybridized carbons (Fsp3) is 0.333. The van der Waals surface area contributed by atoms with E-state index in [2.05, 4.69) is 22.0 Å². The molecule has 2 aromatic carbocycles. The molecular weight excluding hydrogens is 398 g/mol. The van der Waals surface area contributed by atoms with Crippen molar-refractivity contribution in [2.45, 2.75) is 37.6 Å². The first-order valence-electron chi connectivity index (χ1n) is 11.4. The summed E-state index contributed by atoms with van der Waals surface area (Å²) in [7, 11) is 1.93. The number of pyridine rings is 1. The average Bonchev–Trinajstić information content (AvgIpc) is 3.27. The molecule has 1 N–H and O–H groups in total. The molecule has 0 spiro atoms. The molecular formula is C27H29N3O2. The zero-order chi connectivity index (χ0) is 22.1. The third kappa shape index (κ3) is 3.83. The maximum Gasteiger partial charge on any atom is 0.253 e. The molecule has 164 valence electrons. The molecule has 2 aliphatic rings. The summed E-state index contributed by atoms with van der Waals surface area (Å²) in [6, 6.07) is 18.0. The van der Waals surface area contributed by atoms with Crippen LogP contribution < -0.4 is 4.90 Å². The minimum atomic E-state index is 0.0816. The van der Waals surface area contributed by atoms with Crippen molar-refractivity contribution in [2.24, 2.45) is 0 Å². The lowest BCUT2D eigenvalue weighted by Gasteiger charge is -2.38. The number of nitrogens with zero attached hydrogens (tertiary/aromatic N) is 3. The number of hydrogen-bond acceptors (Lipinski definition) is 4. The first-order valence-corrected chi connectivity index (χ1v) is 11.4. The molecule has 1 amide bonds. The number of hydrogen-bond donors (Lipinski definition) is 1. The lowest BCUT2D eigenvalue weighted by atomic mass is 9.91. The quantitative estimate of drug-likeness (QED) is 0.661. The van der Waals surface area contributed by atoms with E-state index in [-0.39, 0.29) is 17.9 Å². The van der Waals surface area contributed by atoms with Crippen molar-refractivity contribution in [3.63, 3.8) is 0 Å². The second-order valence-electron chi connectivity index (χ2n) is 8.90. The van der Waals surface area contributed by atoms with Gasteiger partial charge in [0.15, 0.2) is 0 Å². The van der Waals surface area contributed by atoms with E-state index in [0.717, 1.165) is 49.9 Å². The third-order valence-electron chi connectivity index (χ3n) is 7.14. The summed E-state index contributed by atoms with van der Waals surface area (Å²) in [4.78, 5) is 21.8. The van der Waals surface area contributed by atoms with Crippen LogP contribution in [0.25, 0.3) is 0 Å². The predicted molar refractivity (Wildman–Crippen MR) is 126 cm³/mol. The van der Waals surface area contributed by atoms with Gasteiger partial charge in [0.25, 0.3) is 5.91 Å². The first kappa shape index (κ1) is 20.6. The standard InChI is InChI=1S/C27H29N3O2/c1-29(21-12-16-30(17-13-21)22-10-14-28-15-11-22)27(32)20-7-6-19-8-9-23(25(19)18-20)24-4-2-3-5-26(24)31/h2-7,10-11,14-15,18,21,23,31H,8-9,12-13,16-17H2,1H3. The van der Waals surface area contributed by atoms with E-state index in [1.54, 1.807) is 6.07 Å². The zero-order valence-corrected chi connectivity index (χ0v) is 18.4. The number of carbonyl (C=O) groups is 1. The van der Waals surface area contributed by atoms with Gasteiger partial charge in [-0.3, -0.25) is 9.78 Å². The van der Waals surface area contributed by atoms with Crippen molar-refractivity contribution in [1.82, 2.24) is 9.88 Å². The summed E-state index contributed by atoms with van der Waals surface area (Å²) in [5.74, 6) is 0.561. The Morgan fingerprint density at radius 1 is 1.00 bits per heavy atom. The van der Waals surface area contributed by atoms with Crippen molar-refractivity contribution in [1.29, 1.82) is 0 Å². The van der Waals surface area contributed by atoms with Gasteiger partial charge in [-0.1, -0.05) is 24.3 Å². The van der Waals surface area contributed by atoms with E-state index >= 15 is 0 Å². The van der Waals surface area contributed by atoms with E-state index in [0.29, 0.717) is 5.75 Å². The number of anilines is 1. The van der Waals surface area contributed by atoms with Crippen molar-refractivity contribution < 1.29 is 9.90 Å². The smallest absolute Gasteiger partial charge is 0.253 e. The molecule has 32 heavy (non-hydrogen) atoms. The molecule has 1 fully saturated rings. The Hall–Kier alpha value is -3.34. The van der Waals surface area contributed by atoms with Gasteiger partial charge >= 0.3 is 0 Å². The highest BCUT2D eigenvalue weighted by molar-refractivity contribution is 5.94. The Kier molecular flexibility index (Phi) is 5.56. The Bertz CT molecular complexity index is 1110. The van der Waals surface area contributed by atoms with Gasteiger partial charge in [-0.15, -0.1) is 0 Å². The van der Waals surface area contributed by atoms with Gasteiger partial charge in [-0.05, 0) is 67.1 Å². The third-order valence-corrected chi connectivity index (χ3v) is 7.14. The Morgan fingerprint density at radius 3 is 2.50 bits per heavy atom. The maximum atomic E-state index is 13.4. The molecule has 1 unspecified atom stereocenters. The summed E-state index contributed by atoms with van der Waals surface area (Å²) >= 11 is 0. The number of phenols is 1. The van der Waals surface area contributed by atoms with Gasteiger partial charge in [0, 0.05) is 61.3 Å². The van der Waals surface area contributed by atoms with Crippen molar-refractivity contribution in [2.75, 3.05) is 25.0 Å². The fourth-order valence-corrected chi connectivity index (χ4v) is 5.28. The van der Waals surface area contributed by atoms with Crippen LogP contribution in [0.5, 0.6) is 5.75 Å². The number of rotatable bonds is 4. The lowest BCUT2D eigenvalue weighted by Crippen LogP contribution is -2.45. The van der Waals surface area contributed by atoms with Crippen LogP contribution in [0, 0.1) is 0 Å². The second-order valence-corrected chi connectivity index (χ2v) is 8.90. The highest BCUT2D eigenvalue weighted by atomic mass is 16.3. The van der Waals surface area contributed by atoms with Gasteiger partial charge in [0.2, 0.25) is 0 Å². The molecule has 5 nitrogen and oxygen atoms in total. The number of aromatic hydroxyl groups is 1. The van der Waals surface area contributed by atoms with Gasteiger partial charge in [-0.2, -0.15) is 0 Å². The molecule has 1 aliphatic heterocycles. The largest absolute Gasteiger partial charge is 0.508 e. The van der Waals surface area contributed by atoms with Crippen LogP contribution in [0.15, 0.2) is 67.0 Å². The number of aryl methyl sites for hydroxylation is 1. The number of phenolic OH excluding ortho intramolecular Hbond substituents is 1. The van der Waals surface area contributed by atoms with Crippen LogP contribution in [-0.4, -0.2) is 47.1 Å². The number of piperidine rings is 1. The van der Waals surface area contributed by atoms with Crippen LogP contribution in [0.4, 0.5) is 5.69 Å². The molecule has 0 radical (unpaired) electrons. The number of benzene rings is 2. The number of amides is 1. The molecule has 1 aliphatic carbocycles. The summed E-state index contributed by atoms with van der Waals surface area (Å²) in [6.45, 7) is 1.87. The van der Waals surface area contributed by atoms with Crippen molar-refractivity contribution >= 4 is 11.6 Å². The molecule has 1 aromatic heterocycles. The molecule has 3 aromatic rings. The summed E-state index contributed by atoms with van der Waals surface area (Å²) < 4.78 is 0. The monoisotopic (exact) mass is 427 g/mol. The molecule has 0 saturated carbocycles. The summed E-state index contributed by atoms with van der Waals surface area (Å²) in [6.07, 6.45) is 7.51.